The molecule has 7 heteroatoms. The fraction of sp³-hybridized carbons (Fsp3) is 0.417. The average Bonchev–Trinajstić information content (AvgIpc) is 2.38. The van der Waals surface area contributed by atoms with Crippen LogP contribution in [-0.2, 0) is 0 Å². The summed E-state index contributed by atoms with van der Waals surface area (Å²) in [6, 6.07) is 4.36. The molecule has 1 aromatic rings. The van der Waals surface area contributed by atoms with Crippen molar-refractivity contribution >= 4 is 39.3 Å². The molecule has 104 valence electrons. The molecule has 19 heavy (non-hydrogen) atoms. The monoisotopic (exact) mass is 346 g/mol. The van der Waals surface area contributed by atoms with Gasteiger partial charge in [-0.2, -0.15) is 11.8 Å². The zero-order valence-electron chi connectivity index (χ0n) is 10.5. The Labute approximate surface area is 124 Å². The smallest absolute Gasteiger partial charge is 0.284 e. The number of unbranched alkanes of at least 4 members (excludes halogenated alkanes) is 1. The van der Waals surface area contributed by atoms with Crippen LogP contribution in [0, 0.1) is 10.1 Å². The first-order valence-electron chi connectivity index (χ1n) is 5.77. The highest BCUT2D eigenvalue weighted by Crippen LogP contribution is 2.25. The van der Waals surface area contributed by atoms with Gasteiger partial charge < -0.3 is 5.32 Å². The summed E-state index contributed by atoms with van der Waals surface area (Å²) in [5.41, 5.74) is 0.204. The normalized spacial score (nSPS) is 10.2. The van der Waals surface area contributed by atoms with E-state index in [1.54, 1.807) is 17.8 Å². The van der Waals surface area contributed by atoms with Crippen LogP contribution in [0.1, 0.15) is 23.2 Å². The first kappa shape index (κ1) is 16.0. The fourth-order valence-corrected chi connectivity index (χ4v) is 2.35. The predicted molar refractivity (Wildman–Crippen MR) is 80.7 cm³/mol. The molecular formula is C12H15BrN2O3S. The first-order valence-corrected chi connectivity index (χ1v) is 7.96. The van der Waals surface area contributed by atoms with Crippen molar-refractivity contribution in [3.8, 4) is 0 Å². The second-order valence-electron chi connectivity index (χ2n) is 3.88. The van der Waals surface area contributed by atoms with Crippen LogP contribution in [0.3, 0.4) is 0 Å². The zero-order valence-corrected chi connectivity index (χ0v) is 12.9. The van der Waals surface area contributed by atoms with Crippen LogP contribution < -0.4 is 5.32 Å². The standard InChI is InChI=1S/C12H15BrN2O3S/c1-19-7-3-2-6-14-12(16)9-4-5-10(13)11(8-9)15(17)18/h4-5,8H,2-3,6-7H2,1H3,(H,14,16). The van der Waals surface area contributed by atoms with E-state index in [2.05, 4.69) is 21.2 Å². The molecule has 0 radical (unpaired) electrons. The van der Waals surface area contributed by atoms with E-state index in [9.17, 15) is 14.9 Å². The summed E-state index contributed by atoms with van der Waals surface area (Å²) in [6.07, 6.45) is 3.99. The third kappa shape index (κ3) is 5.20. The summed E-state index contributed by atoms with van der Waals surface area (Å²) in [4.78, 5) is 22.1. The van der Waals surface area contributed by atoms with Crippen molar-refractivity contribution in [3.63, 3.8) is 0 Å². The van der Waals surface area contributed by atoms with Crippen molar-refractivity contribution < 1.29 is 9.72 Å². The molecule has 0 fully saturated rings. The number of nitro groups is 1. The van der Waals surface area contributed by atoms with Crippen molar-refractivity contribution in [2.75, 3.05) is 18.6 Å². The lowest BCUT2D eigenvalue weighted by atomic mass is 10.2. The molecule has 0 aromatic heterocycles. The van der Waals surface area contributed by atoms with Crippen LogP contribution in [0.5, 0.6) is 0 Å². The molecule has 0 saturated carbocycles. The molecule has 0 aliphatic heterocycles. The quantitative estimate of drug-likeness (QED) is 0.467. The van der Waals surface area contributed by atoms with Gasteiger partial charge in [0.15, 0.2) is 0 Å². The third-order valence-electron chi connectivity index (χ3n) is 2.47. The van der Waals surface area contributed by atoms with E-state index in [1.165, 1.54) is 12.1 Å². The molecule has 0 bridgehead atoms. The molecule has 0 heterocycles. The summed E-state index contributed by atoms with van der Waals surface area (Å²) in [5.74, 6) is 0.791. The van der Waals surface area contributed by atoms with Crippen molar-refractivity contribution in [2.45, 2.75) is 12.8 Å². The number of hydrogen-bond acceptors (Lipinski definition) is 4. The number of carbonyl (C=O) groups is 1. The Balaban J connectivity index is 2.57. The molecule has 0 unspecified atom stereocenters. The number of benzene rings is 1. The van der Waals surface area contributed by atoms with Crippen LogP contribution in [0.25, 0.3) is 0 Å². The molecule has 1 aromatic carbocycles. The largest absolute Gasteiger partial charge is 0.352 e. The van der Waals surface area contributed by atoms with E-state index in [4.69, 9.17) is 0 Å². The Kier molecular flexibility index (Phi) is 6.86. The van der Waals surface area contributed by atoms with Gasteiger partial charge in [0, 0.05) is 18.2 Å². The molecule has 0 atom stereocenters. The lowest BCUT2D eigenvalue weighted by Crippen LogP contribution is -2.24. The Hall–Kier alpha value is -1.08. The van der Waals surface area contributed by atoms with E-state index >= 15 is 0 Å². The molecule has 0 aliphatic rings. The molecular weight excluding hydrogens is 332 g/mol. The van der Waals surface area contributed by atoms with E-state index < -0.39 is 4.92 Å². The number of nitro benzene ring substituents is 1. The number of carbonyl (C=O) groups excluding carboxylic acids is 1. The number of nitrogens with zero attached hydrogens (tertiary/aromatic N) is 1. The summed E-state index contributed by atoms with van der Waals surface area (Å²) < 4.78 is 0.369. The number of nitrogens with one attached hydrogen (secondary N) is 1. The van der Waals surface area contributed by atoms with E-state index in [0.717, 1.165) is 18.6 Å². The molecule has 0 aliphatic carbocycles. The molecule has 0 saturated heterocycles. The molecule has 0 spiro atoms. The van der Waals surface area contributed by atoms with E-state index in [0.29, 0.717) is 16.6 Å². The average molecular weight is 347 g/mol. The Morgan fingerprint density at radius 3 is 2.84 bits per heavy atom. The maximum Gasteiger partial charge on any atom is 0.284 e. The van der Waals surface area contributed by atoms with Gasteiger partial charge in [-0.05, 0) is 52.9 Å². The number of hydrogen-bond donors (Lipinski definition) is 1. The summed E-state index contributed by atoms with van der Waals surface area (Å²) >= 11 is 4.86. The molecule has 1 N–H and O–H groups in total. The van der Waals surface area contributed by atoms with Crippen molar-refractivity contribution in [3.05, 3.63) is 38.3 Å². The Morgan fingerprint density at radius 2 is 2.21 bits per heavy atom. The third-order valence-corrected chi connectivity index (χ3v) is 3.83. The number of thioether (sulfide) groups is 1. The van der Waals surface area contributed by atoms with Gasteiger partial charge in [0.1, 0.15) is 0 Å². The summed E-state index contributed by atoms with van der Waals surface area (Å²) in [6.45, 7) is 0.587. The lowest BCUT2D eigenvalue weighted by Gasteiger charge is -2.05. The van der Waals surface area contributed by atoms with Crippen LogP contribution >= 0.6 is 27.7 Å². The van der Waals surface area contributed by atoms with Crippen LogP contribution in [0.15, 0.2) is 22.7 Å². The van der Waals surface area contributed by atoms with Gasteiger partial charge in [-0.25, -0.2) is 0 Å². The van der Waals surface area contributed by atoms with Gasteiger partial charge in [-0.3, -0.25) is 14.9 Å². The predicted octanol–water partition coefficient (Wildman–Crippen LogP) is 3.23. The van der Waals surface area contributed by atoms with E-state index in [-0.39, 0.29) is 11.6 Å². The van der Waals surface area contributed by atoms with Gasteiger partial charge in [-0.1, -0.05) is 0 Å². The van der Waals surface area contributed by atoms with Crippen molar-refractivity contribution in [1.82, 2.24) is 5.32 Å². The van der Waals surface area contributed by atoms with Crippen LogP contribution in [0.4, 0.5) is 5.69 Å². The number of rotatable bonds is 7. The summed E-state index contributed by atoms with van der Waals surface area (Å²) in [5, 5.41) is 13.5. The molecule has 1 rings (SSSR count). The highest BCUT2D eigenvalue weighted by atomic mass is 79.9. The first-order chi connectivity index (χ1) is 9.06. The molecule has 1 amide bonds. The maximum atomic E-state index is 11.8. The summed E-state index contributed by atoms with van der Waals surface area (Å²) in [7, 11) is 0. The zero-order chi connectivity index (χ0) is 14.3. The minimum Gasteiger partial charge on any atom is -0.352 e. The Bertz CT molecular complexity index is 468. The number of halogens is 1. The van der Waals surface area contributed by atoms with Gasteiger partial charge >= 0.3 is 0 Å². The highest BCUT2D eigenvalue weighted by Gasteiger charge is 2.15. The number of amides is 1. The topological polar surface area (TPSA) is 72.2 Å². The minimum atomic E-state index is -0.515. The van der Waals surface area contributed by atoms with Crippen molar-refractivity contribution in [2.24, 2.45) is 0 Å². The van der Waals surface area contributed by atoms with Crippen LogP contribution in [-0.4, -0.2) is 29.4 Å². The minimum absolute atomic E-state index is 0.102. The second-order valence-corrected chi connectivity index (χ2v) is 5.72. The second kappa shape index (κ2) is 8.16. The van der Waals surface area contributed by atoms with E-state index in [1.807, 2.05) is 6.26 Å². The van der Waals surface area contributed by atoms with Crippen LogP contribution in [0.2, 0.25) is 0 Å². The highest BCUT2D eigenvalue weighted by molar-refractivity contribution is 9.10. The van der Waals surface area contributed by atoms with Gasteiger partial charge in [0.25, 0.3) is 11.6 Å². The molecule has 5 nitrogen and oxygen atoms in total. The fourth-order valence-electron chi connectivity index (χ4n) is 1.47. The Morgan fingerprint density at radius 1 is 1.47 bits per heavy atom. The lowest BCUT2D eigenvalue weighted by molar-refractivity contribution is -0.385. The van der Waals surface area contributed by atoms with Gasteiger partial charge in [0.05, 0.1) is 9.40 Å². The SMILES string of the molecule is CSCCCCNC(=O)c1ccc(Br)c([N+](=O)[O-])c1. The van der Waals surface area contributed by atoms with Gasteiger partial charge in [0.2, 0.25) is 0 Å². The van der Waals surface area contributed by atoms with Gasteiger partial charge in [-0.15, -0.1) is 0 Å². The maximum absolute atomic E-state index is 11.8. The van der Waals surface area contributed by atoms with Crippen molar-refractivity contribution in [1.29, 1.82) is 0 Å².